The maximum Gasteiger partial charge on any atom is 0.305 e. The van der Waals surface area contributed by atoms with Crippen molar-refractivity contribution in [3.05, 3.63) is 35.8 Å². The number of nitrogens with one attached hydrogen (secondary N) is 2. The molecule has 2 aromatic rings. The minimum absolute atomic E-state index is 0.00509. The second-order valence-electron chi connectivity index (χ2n) is 3.79. The predicted octanol–water partition coefficient (Wildman–Crippen LogP) is 1.02. The lowest BCUT2D eigenvalue weighted by Crippen LogP contribution is -2.30. The Labute approximate surface area is 114 Å². The molecule has 0 unspecified atom stereocenters. The fraction of sp³-hybridized carbons (Fsp3) is 0.0833. The molecule has 0 radical (unpaired) electrons. The van der Waals surface area contributed by atoms with Crippen LogP contribution in [0.1, 0.15) is 23.0 Å². The molecule has 2 rings (SSSR count). The smallest absolute Gasteiger partial charge is 0.305 e. The molecule has 0 saturated heterocycles. The van der Waals surface area contributed by atoms with E-state index >= 15 is 0 Å². The molecule has 104 valence electrons. The van der Waals surface area contributed by atoms with E-state index in [1.54, 1.807) is 18.2 Å². The maximum absolute atomic E-state index is 11.7. The molecule has 0 bridgehead atoms. The number of hydrogen-bond donors (Lipinski definition) is 4. The van der Waals surface area contributed by atoms with Crippen molar-refractivity contribution in [2.24, 2.45) is 0 Å². The van der Waals surface area contributed by atoms with Crippen molar-refractivity contribution < 1.29 is 9.21 Å². The maximum atomic E-state index is 11.7. The fourth-order valence-electron chi connectivity index (χ4n) is 1.52. The van der Waals surface area contributed by atoms with E-state index in [2.05, 4.69) is 20.8 Å². The Morgan fingerprint density at radius 1 is 1.40 bits per heavy atom. The van der Waals surface area contributed by atoms with Crippen molar-refractivity contribution in [2.45, 2.75) is 6.92 Å². The molecule has 1 amide bonds. The lowest BCUT2D eigenvalue weighted by atomic mass is 10.2. The van der Waals surface area contributed by atoms with E-state index in [1.165, 1.54) is 12.3 Å². The molecule has 0 aromatic carbocycles. The van der Waals surface area contributed by atoms with Gasteiger partial charge in [-0.3, -0.25) is 15.6 Å². The van der Waals surface area contributed by atoms with Crippen LogP contribution in [0.3, 0.4) is 0 Å². The zero-order valence-corrected chi connectivity index (χ0v) is 10.8. The van der Waals surface area contributed by atoms with Crippen molar-refractivity contribution in [1.29, 1.82) is 0 Å². The minimum atomic E-state index is -0.447. The number of nitrogens with two attached hydrogens (primary N) is 2. The molecule has 20 heavy (non-hydrogen) atoms. The van der Waals surface area contributed by atoms with Crippen LogP contribution in [-0.2, 0) is 0 Å². The highest BCUT2D eigenvalue weighted by molar-refractivity contribution is 5.92. The number of furan rings is 1. The zero-order chi connectivity index (χ0) is 14.5. The highest BCUT2D eigenvalue weighted by atomic mass is 16.3. The van der Waals surface area contributed by atoms with E-state index < -0.39 is 5.91 Å². The van der Waals surface area contributed by atoms with Crippen LogP contribution in [-0.4, -0.2) is 15.9 Å². The van der Waals surface area contributed by atoms with Crippen LogP contribution < -0.4 is 22.3 Å². The van der Waals surface area contributed by atoms with Gasteiger partial charge in [0.05, 0.1) is 11.8 Å². The quantitative estimate of drug-likeness (QED) is 0.612. The summed E-state index contributed by atoms with van der Waals surface area (Å²) in [6, 6.07) is 3.15. The normalized spacial score (nSPS) is 10.7. The Hall–Kier alpha value is -3.03. The SMILES string of the molecule is CC=Cc1c(N)nc(N)nc1NNC(=O)c1ccco1. The molecule has 0 spiro atoms. The van der Waals surface area contributed by atoms with E-state index in [9.17, 15) is 4.79 Å². The van der Waals surface area contributed by atoms with Gasteiger partial charge in [-0.2, -0.15) is 9.97 Å². The van der Waals surface area contributed by atoms with Gasteiger partial charge in [-0.1, -0.05) is 12.2 Å². The number of nitrogen functional groups attached to an aromatic ring is 2. The Bertz CT molecular complexity index is 636. The number of anilines is 3. The van der Waals surface area contributed by atoms with E-state index in [-0.39, 0.29) is 17.5 Å². The van der Waals surface area contributed by atoms with Crippen LogP contribution in [0.4, 0.5) is 17.6 Å². The lowest BCUT2D eigenvalue weighted by molar-refractivity contribution is 0.0935. The molecule has 2 aromatic heterocycles. The van der Waals surface area contributed by atoms with E-state index in [1.807, 2.05) is 6.92 Å². The number of carbonyl (C=O) groups excluding carboxylic acids is 1. The average Bonchev–Trinajstić information content (AvgIpc) is 2.93. The second kappa shape index (κ2) is 5.74. The van der Waals surface area contributed by atoms with Gasteiger partial charge in [-0.15, -0.1) is 0 Å². The first-order valence-corrected chi connectivity index (χ1v) is 5.77. The molecule has 0 saturated carbocycles. The first-order chi connectivity index (χ1) is 9.61. The van der Waals surface area contributed by atoms with Crippen LogP contribution in [0, 0.1) is 0 Å². The summed E-state index contributed by atoms with van der Waals surface area (Å²) in [6.45, 7) is 1.82. The van der Waals surface area contributed by atoms with Crippen LogP contribution in [0.15, 0.2) is 28.9 Å². The molecule has 0 aliphatic carbocycles. The molecular formula is C12H14N6O2. The van der Waals surface area contributed by atoms with Gasteiger partial charge in [-0.25, -0.2) is 0 Å². The second-order valence-corrected chi connectivity index (χ2v) is 3.79. The number of carbonyl (C=O) groups is 1. The van der Waals surface area contributed by atoms with Gasteiger partial charge in [0.2, 0.25) is 5.95 Å². The largest absolute Gasteiger partial charge is 0.459 e. The average molecular weight is 274 g/mol. The van der Waals surface area contributed by atoms with Gasteiger partial charge in [0.1, 0.15) is 5.82 Å². The van der Waals surface area contributed by atoms with Crippen molar-refractivity contribution >= 4 is 29.6 Å². The molecule has 8 heteroatoms. The molecule has 0 aliphatic heterocycles. The van der Waals surface area contributed by atoms with Crippen molar-refractivity contribution in [2.75, 3.05) is 16.9 Å². The first kappa shape index (κ1) is 13.4. The van der Waals surface area contributed by atoms with E-state index in [0.717, 1.165) is 0 Å². The van der Waals surface area contributed by atoms with Crippen LogP contribution in [0.5, 0.6) is 0 Å². The summed E-state index contributed by atoms with van der Waals surface area (Å²) in [4.78, 5) is 19.6. The number of allylic oxidation sites excluding steroid dienone is 1. The molecule has 0 atom stereocenters. The number of hydrogen-bond acceptors (Lipinski definition) is 7. The summed E-state index contributed by atoms with van der Waals surface area (Å²) < 4.78 is 4.96. The highest BCUT2D eigenvalue weighted by Gasteiger charge is 2.12. The number of amides is 1. The summed E-state index contributed by atoms with van der Waals surface area (Å²) in [6.07, 6.45) is 4.88. The van der Waals surface area contributed by atoms with Gasteiger partial charge in [0, 0.05) is 0 Å². The van der Waals surface area contributed by atoms with Gasteiger partial charge in [0.25, 0.3) is 0 Å². The number of nitrogens with zero attached hydrogens (tertiary/aromatic N) is 2. The molecule has 6 N–H and O–H groups in total. The highest BCUT2D eigenvalue weighted by Crippen LogP contribution is 2.20. The van der Waals surface area contributed by atoms with Crippen molar-refractivity contribution in [3.8, 4) is 0 Å². The van der Waals surface area contributed by atoms with Gasteiger partial charge in [0.15, 0.2) is 11.6 Å². The molecule has 8 nitrogen and oxygen atoms in total. The third kappa shape index (κ3) is 2.86. The molecule has 0 fully saturated rings. The summed E-state index contributed by atoms with van der Waals surface area (Å²) >= 11 is 0. The molecule has 0 aliphatic rings. The van der Waals surface area contributed by atoms with Gasteiger partial charge < -0.3 is 15.9 Å². The lowest BCUT2D eigenvalue weighted by Gasteiger charge is -2.11. The fourth-order valence-corrected chi connectivity index (χ4v) is 1.52. The topological polar surface area (TPSA) is 132 Å². The summed E-state index contributed by atoms with van der Waals surface area (Å²) in [7, 11) is 0. The van der Waals surface area contributed by atoms with E-state index in [4.69, 9.17) is 15.9 Å². The van der Waals surface area contributed by atoms with Crippen LogP contribution in [0.25, 0.3) is 6.08 Å². The Balaban J connectivity index is 2.18. The molecular weight excluding hydrogens is 260 g/mol. The van der Waals surface area contributed by atoms with Gasteiger partial charge >= 0.3 is 5.91 Å². The summed E-state index contributed by atoms with van der Waals surface area (Å²) in [5.74, 6) is 0.237. The third-order valence-corrected chi connectivity index (χ3v) is 2.37. The number of rotatable bonds is 4. The third-order valence-electron chi connectivity index (χ3n) is 2.37. The number of hydrazine groups is 1. The zero-order valence-electron chi connectivity index (χ0n) is 10.8. The first-order valence-electron chi connectivity index (χ1n) is 5.77. The predicted molar refractivity (Wildman–Crippen MR) is 75.4 cm³/mol. The monoisotopic (exact) mass is 274 g/mol. The van der Waals surface area contributed by atoms with Crippen molar-refractivity contribution in [3.63, 3.8) is 0 Å². The van der Waals surface area contributed by atoms with Crippen molar-refractivity contribution in [1.82, 2.24) is 15.4 Å². The summed E-state index contributed by atoms with van der Waals surface area (Å²) in [5, 5.41) is 0. The summed E-state index contributed by atoms with van der Waals surface area (Å²) in [5.41, 5.74) is 16.9. The van der Waals surface area contributed by atoms with E-state index in [0.29, 0.717) is 11.4 Å². The number of aromatic nitrogens is 2. The van der Waals surface area contributed by atoms with Crippen LogP contribution >= 0.6 is 0 Å². The Kier molecular flexibility index (Phi) is 3.85. The standard InChI is InChI=1S/C12H14N6O2/c1-2-4-7-9(13)15-12(14)16-10(7)17-18-11(19)8-5-3-6-20-8/h2-6H,1H3,(H,18,19)(H5,13,14,15,16,17). The minimum Gasteiger partial charge on any atom is -0.459 e. The Morgan fingerprint density at radius 3 is 2.85 bits per heavy atom. The Morgan fingerprint density at radius 2 is 2.20 bits per heavy atom. The van der Waals surface area contributed by atoms with Crippen LogP contribution in [0.2, 0.25) is 0 Å². The van der Waals surface area contributed by atoms with Gasteiger partial charge in [-0.05, 0) is 19.1 Å². The molecule has 2 heterocycles.